The third kappa shape index (κ3) is 5.04. The molecule has 1 aliphatic rings. The van der Waals surface area contributed by atoms with Gasteiger partial charge in [-0.05, 0) is 50.1 Å². The molecule has 0 aliphatic carbocycles. The van der Waals surface area contributed by atoms with Gasteiger partial charge in [-0.3, -0.25) is 4.79 Å². The molecule has 1 heterocycles. The largest absolute Gasteiger partial charge is 0.373 e. The molecule has 0 radical (unpaired) electrons. The van der Waals surface area contributed by atoms with Crippen LogP contribution in [0.2, 0.25) is 0 Å². The minimum Gasteiger partial charge on any atom is -0.373 e. The number of rotatable bonds is 6. The number of carbonyl (C=O) groups is 1. The van der Waals surface area contributed by atoms with Gasteiger partial charge in [0.15, 0.2) is 0 Å². The Balaban J connectivity index is 1.72. The van der Waals surface area contributed by atoms with Gasteiger partial charge in [0.1, 0.15) is 0 Å². The molecule has 0 spiro atoms. The fourth-order valence-electron chi connectivity index (χ4n) is 3.67. The molecule has 6 nitrogen and oxygen atoms in total. The number of carbonyl (C=O) groups excluding carboxylic acids is 1. The van der Waals surface area contributed by atoms with E-state index in [0.29, 0.717) is 25.2 Å². The van der Waals surface area contributed by atoms with E-state index < -0.39 is 10.0 Å². The van der Waals surface area contributed by atoms with E-state index in [1.54, 1.807) is 24.3 Å². The van der Waals surface area contributed by atoms with Gasteiger partial charge in [0.25, 0.3) is 0 Å². The molecule has 1 aliphatic heterocycles. The lowest BCUT2D eigenvalue weighted by atomic mass is 9.95. The second-order valence-electron chi connectivity index (χ2n) is 7.46. The number of hydrogen-bond donors (Lipinski definition) is 1. The van der Waals surface area contributed by atoms with Crippen LogP contribution in [0.5, 0.6) is 0 Å². The Labute approximate surface area is 172 Å². The molecular formula is C22H28N2O4S. The van der Waals surface area contributed by atoms with E-state index in [-0.39, 0.29) is 28.9 Å². The normalized spacial score (nSPS) is 21.5. The molecule has 3 rings (SSSR count). The highest BCUT2D eigenvalue weighted by Crippen LogP contribution is 2.24. The third-order valence-corrected chi connectivity index (χ3v) is 6.92. The summed E-state index contributed by atoms with van der Waals surface area (Å²) in [6.45, 7) is 6.37. The van der Waals surface area contributed by atoms with Crippen LogP contribution < -0.4 is 5.32 Å². The van der Waals surface area contributed by atoms with Crippen molar-refractivity contribution < 1.29 is 17.9 Å². The zero-order chi connectivity index (χ0) is 21.0. The molecule has 0 bridgehead atoms. The van der Waals surface area contributed by atoms with Crippen molar-refractivity contribution in [3.8, 4) is 0 Å². The lowest BCUT2D eigenvalue weighted by Crippen LogP contribution is -2.48. The van der Waals surface area contributed by atoms with Gasteiger partial charge in [0.05, 0.1) is 23.0 Å². The van der Waals surface area contributed by atoms with Crippen molar-refractivity contribution in [2.24, 2.45) is 0 Å². The van der Waals surface area contributed by atoms with Gasteiger partial charge in [-0.2, -0.15) is 4.31 Å². The summed E-state index contributed by atoms with van der Waals surface area (Å²) in [4.78, 5) is 12.9. The first-order valence-corrected chi connectivity index (χ1v) is 11.4. The highest BCUT2D eigenvalue weighted by molar-refractivity contribution is 7.89. The number of anilines is 1. The summed E-state index contributed by atoms with van der Waals surface area (Å²) in [7, 11) is -3.60. The van der Waals surface area contributed by atoms with Crippen molar-refractivity contribution in [1.29, 1.82) is 0 Å². The van der Waals surface area contributed by atoms with E-state index in [2.05, 4.69) is 5.32 Å². The Bertz CT molecular complexity index is 919. The van der Waals surface area contributed by atoms with Crippen molar-refractivity contribution >= 4 is 21.6 Å². The van der Waals surface area contributed by atoms with Crippen LogP contribution in [-0.4, -0.2) is 43.9 Å². The number of benzene rings is 2. The zero-order valence-electron chi connectivity index (χ0n) is 17.0. The van der Waals surface area contributed by atoms with Crippen molar-refractivity contribution in [3.05, 3.63) is 60.2 Å². The molecule has 1 amide bonds. The predicted octanol–water partition coefficient (Wildman–Crippen LogP) is 3.62. The number of ether oxygens (including phenoxy) is 1. The van der Waals surface area contributed by atoms with Crippen LogP contribution in [0.1, 0.15) is 38.7 Å². The van der Waals surface area contributed by atoms with E-state index in [0.717, 1.165) is 5.56 Å². The average Bonchev–Trinajstić information content (AvgIpc) is 2.69. The molecule has 1 saturated heterocycles. The van der Waals surface area contributed by atoms with Crippen LogP contribution in [0.3, 0.4) is 0 Å². The maximum Gasteiger partial charge on any atom is 0.243 e. The molecule has 7 heteroatoms. The van der Waals surface area contributed by atoms with Crippen LogP contribution in [0.25, 0.3) is 0 Å². The van der Waals surface area contributed by atoms with Crippen LogP contribution in [0.15, 0.2) is 59.5 Å². The van der Waals surface area contributed by atoms with Gasteiger partial charge < -0.3 is 10.1 Å². The minimum absolute atomic E-state index is 0.106. The van der Waals surface area contributed by atoms with E-state index in [1.165, 1.54) is 4.31 Å². The maximum atomic E-state index is 12.9. The number of morpholine rings is 1. The quantitative estimate of drug-likeness (QED) is 0.780. The topological polar surface area (TPSA) is 75.7 Å². The van der Waals surface area contributed by atoms with Gasteiger partial charge >= 0.3 is 0 Å². The van der Waals surface area contributed by atoms with E-state index in [1.807, 2.05) is 51.1 Å². The first-order chi connectivity index (χ1) is 13.8. The van der Waals surface area contributed by atoms with Crippen LogP contribution in [0.4, 0.5) is 5.69 Å². The fourth-order valence-corrected chi connectivity index (χ4v) is 5.26. The Morgan fingerprint density at radius 2 is 1.66 bits per heavy atom. The second kappa shape index (κ2) is 9.07. The molecule has 1 fully saturated rings. The van der Waals surface area contributed by atoms with Crippen molar-refractivity contribution in [3.63, 3.8) is 0 Å². The summed E-state index contributed by atoms with van der Waals surface area (Å²) in [5.41, 5.74) is 1.54. The number of sulfonamides is 1. The van der Waals surface area contributed by atoms with E-state index >= 15 is 0 Å². The second-order valence-corrected chi connectivity index (χ2v) is 9.40. The minimum atomic E-state index is -3.60. The molecule has 0 aromatic heterocycles. The lowest BCUT2D eigenvalue weighted by Gasteiger charge is -2.34. The summed E-state index contributed by atoms with van der Waals surface area (Å²) in [5, 5.41) is 2.90. The predicted molar refractivity (Wildman–Crippen MR) is 113 cm³/mol. The smallest absolute Gasteiger partial charge is 0.243 e. The highest BCUT2D eigenvalue weighted by atomic mass is 32.2. The summed E-state index contributed by atoms with van der Waals surface area (Å²) in [6, 6.07) is 16.0. The van der Waals surface area contributed by atoms with Crippen LogP contribution in [0, 0.1) is 0 Å². The van der Waals surface area contributed by atoms with E-state index in [9.17, 15) is 13.2 Å². The van der Waals surface area contributed by atoms with Crippen molar-refractivity contribution in [2.75, 3.05) is 18.4 Å². The lowest BCUT2D eigenvalue weighted by molar-refractivity contribution is -0.117. The molecule has 2 aromatic carbocycles. The molecule has 2 aromatic rings. The highest BCUT2D eigenvalue weighted by Gasteiger charge is 2.32. The van der Waals surface area contributed by atoms with Gasteiger partial charge in [0, 0.05) is 18.8 Å². The number of nitrogens with zero attached hydrogens (tertiary/aromatic N) is 1. The Hall–Kier alpha value is -2.22. The average molecular weight is 417 g/mol. The molecule has 29 heavy (non-hydrogen) atoms. The Kier molecular flexibility index (Phi) is 6.72. The van der Waals surface area contributed by atoms with Crippen LogP contribution in [-0.2, 0) is 19.6 Å². The number of amides is 1. The Morgan fingerprint density at radius 3 is 2.21 bits per heavy atom. The van der Waals surface area contributed by atoms with Crippen molar-refractivity contribution in [1.82, 2.24) is 4.31 Å². The molecule has 156 valence electrons. The van der Waals surface area contributed by atoms with E-state index in [4.69, 9.17) is 4.74 Å². The van der Waals surface area contributed by atoms with Crippen molar-refractivity contribution in [2.45, 2.75) is 50.2 Å². The zero-order valence-corrected chi connectivity index (χ0v) is 17.9. The Morgan fingerprint density at radius 1 is 1.07 bits per heavy atom. The van der Waals surface area contributed by atoms with Gasteiger partial charge in [-0.15, -0.1) is 0 Å². The standard InChI is InChI=1S/C22H28N2O4S/c1-4-21(18-8-6-5-7-9-18)22(25)23-19-10-12-20(13-11-19)29(26,27)24-14-16(2)28-17(3)15-24/h5-13,16-17,21H,4,14-15H2,1-3H3,(H,23,25)/t16-,17-,21-/m0/s1. The molecule has 0 saturated carbocycles. The summed E-state index contributed by atoms with van der Waals surface area (Å²) in [6.07, 6.45) is 0.391. The SMILES string of the molecule is CC[C@H](C(=O)Nc1ccc(S(=O)(=O)N2C[C@H](C)O[C@@H](C)C2)cc1)c1ccccc1. The molecule has 3 atom stereocenters. The molecule has 1 N–H and O–H groups in total. The first-order valence-electron chi connectivity index (χ1n) is 9.92. The molecule has 0 unspecified atom stereocenters. The molecular weight excluding hydrogens is 388 g/mol. The van der Waals surface area contributed by atoms with Gasteiger partial charge in [0.2, 0.25) is 15.9 Å². The summed E-state index contributed by atoms with van der Waals surface area (Å²) >= 11 is 0. The summed E-state index contributed by atoms with van der Waals surface area (Å²) < 4.78 is 33.0. The number of hydrogen-bond acceptors (Lipinski definition) is 4. The van der Waals surface area contributed by atoms with Crippen LogP contribution >= 0.6 is 0 Å². The third-order valence-electron chi connectivity index (χ3n) is 5.07. The fraction of sp³-hybridized carbons (Fsp3) is 0.409. The maximum absolute atomic E-state index is 12.9. The summed E-state index contributed by atoms with van der Waals surface area (Å²) in [5.74, 6) is -0.360. The van der Waals surface area contributed by atoms with Gasteiger partial charge in [-0.1, -0.05) is 37.3 Å². The van der Waals surface area contributed by atoms with Gasteiger partial charge in [-0.25, -0.2) is 8.42 Å². The first kappa shape index (κ1) is 21.5. The number of nitrogens with one attached hydrogen (secondary N) is 1. The monoisotopic (exact) mass is 416 g/mol.